The van der Waals surface area contributed by atoms with E-state index >= 15 is 0 Å². The first-order valence-corrected chi connectivity index (χ1v) is 6.83. The minimum absolute atomic E-state index is 0.0114. The quantitative estimate of drug-likeness (QED) is 0.758. The molecule has 0 saturated heterocycles. The van der Waals surface area contributed by atoms with Crippen molar-refractivity contribution in [3.8, 4) is 0 Å². The van der Waals surface area contributed by atoms with E-state index in [1.54, 1.807) is 6.07 Å². The number of urea groups is 1. The molecule has 0 radical (unpaired) electrons. The highest BCUT2D eigenvalue weighted by molar-refractivity contribution is 5.82. The number of hydrogen-bond donors (Lipinski definition) is 3. The van der Waals surface area contributed by atoms with Crippen LogP contribution >= 0.6 is 0 Å². The minimum Gasteiger partial charge on any atom is -0.480 e. The van der Waals surface area contributed by atoms with Crippen LogP contribution in [0.4, 0.5) is 4.79 Å². The predicted octanol–water partition coefficient (Wildman–Crippen LogP) is 1.51. The van der Waals surface area contributed by atoms with E-state index in [2.05, 4.69) is 15.8 Å². The molecule has 2 rings (SSSR count). The molecule has 1 aliphatic carbocycles. The number of carbonyl (C=O) groups excluding carboxylic acids is 1. The van der Waals surface area contributed by atoms with Gasteiger partial charge in [0.1, 0.15) is 6.04 Å². The number of rotatable bonds is 5. The average molecular weight is 281 g/mol. The summed E-state index contributed by atoms with van der Waals surface area (Å²) < 4.78 is 4.84. The second kappa shape index (κ2) is 6.93. The molecule has 1 unspecified atom stereocenters. The van der Waals surface area contributed by atoms with Crippen molar-refractivity contribution >= 4 is 12.0 Å². The van der Waals surface area contributed by atoms with Crippen LogP contribution in [0.25, 0.3) is 0 Å². The molecule has 2 amide bonds. The van der Waals surface area contributed by atoms with E-state index in [1.165, 1.54) is 6.20 Å². The minimum atomic E-state index is -0.980. The van der Waals surface area contributed by atoms with Gasteiger partial charge in [-0.25, -0.2) is 9.59 Å². The first-order chi connectivity index (χ1) is 9.66. The molecule has 7 nitrogen and oxygen atoms in total. The van der Waals surface area contributed by atoms with Gasteiger partial charge in [-0.05, 0) is 18.8 Å². The van der Waals surface area contributed by atoms with E-state index in [9.17, 15) is 14.7 Å². The van der Waals surface area contributed by atoms with E-state index in [1.807, 2.05) is 0 Å². The van der Waals surface area contributed by atoms with Gasteiger partial charge in [0.2, 0.25) is 0 Å². The summed E-state index contributed by atoms with van der Waals surface area (Å²) in [5, 5.41) is 17.9. The van der Waals surface area contributed by atoms with Gasteiger partial charge in [-0.3, -0.25) is 0 Å². The van der Waals surface area contributed by atoms with Gasteiger partial charge in [-0.2, -0.15) is 0 Å². The molecule has 110 valence electrons. The van der Waals surface area contributed by atoms with Crippen LogP contribution < -0.4 is 10.6 Å². The van der Waals surface area contributed by atoms with Gasteiger partial charge in [0.05, 0.1) is 12.7 Å². The Kier molecular flexibility index (Phi) is 4.97. The third kappa shape index (κ3) is 3.97. The summed E-state index contributed by atoms with van der Waals surface area (Å²) in [5.41, 5.74) is 0. The number of aliphatic carboxylic acids is 1. The monoisotopic (exact) mass is 281 g/mol. The fourth-order valence-electron chi connectivity index (χ4n) is 2.54. The smallest absolute Gasteiger partial charge is 0.326 e. The maximum atomic E-state index is 11.7. The zero-order valence-electron chi connectivity index (χ0n) is 11.2. The molecule has 0 spiro atoms. The molecule has 1 fully saturated rings. The normalized spacial score (nSPS) is 17.4. The van der Waals surface area contributed by atoms with Gasteiger partial charge in [-0.15, -0.1) is 0 Å². The van der Waals surface area contributed by atoms with Crippen LogP contribution in [-0.2, 0) is 11.3 Å². The lowest BCUT2D eigenvalue weighted by Gasteiger charge is -2.27. The van der Waals surface area contributed by atoms with Gasteiger partial charge in [0, 0.05) is 6.07 Å². The van der Waals surface area contributed by atoms with Crippen molar-refractivity contribution < 1.29 is 19.2 Å². The van der Waals surface area contributed by atoms with Crippen molar-refractivity contribution in [3.05, 3.63) is 18.0 Å². The van der Waals surface area contributed by atoms with Crippen LogP contribution in [0.1, 0.15) is 37.9 Å². The highest BCUT2D eigenvalue weighted by Gasteiger charge is 2.30. The zero-order valence-corrected chi connectivity index (χ0v) is 11.2. The van der Waals surface area contributed by atoms with Gasteiger partial charge >= 0.3 is 12.0 Å². The largest absolute Gasteiger partial charge is 0.480 e. The lowest BCUT2D eigenvalue weighted by atomic mass is 9.84. The Balaban J connectivity index is 1.83. The molecule has 7 heteroatoms. The fourth-order valence-corrected chi connectivity index (χ4v) is 2.54. The summed E-state index contributed by atoms with van der Waals surface area (Å²) in [4.78, 5) is 23.0. The molecular formula is C13H19N3O4. The van der Waals surface area contributed by atoms with Gasteiger partial charge in [-0.1, -0.05) is 24.4 Å². The summed E-state index contributed by atoms with van der Waals surface area (Å²) in [5.74, 6) is -0.450. The number of aromatic nitrogens is 1. The first kappa shape index (κ1) is 14.4. The van der Waals surface area contributed by atoms with Crippen molar-refractivity contribution in [2.75, 3.05) is 0 Å². The number of carboxylic acids is 1. The van der Waals surface area contributed by atoms with Gasteiger partial charge < -0.3 is 20.3 Å². The van der Waals surface area contributed by atoms with Crippen LogP contribution in [0.15, 0.2) is 16.8 Å². The number of nitrogens with one attached hydrogen (secondary N) is 2. The van der Waals surface area contributed by atoms with E-state index in [0.29, 0.717) is 5.76 Å². The number of nitrogens with zero attached hydrogens (tertiary/aromatic N) is 1. The molecule has 0 bridgehead atoms. The molecule has 0 aliphatic heterocycles. The van der Waals surface area contributed by atoms with Crippen molar-refractivity contribution in [1.82, 2.24) is 15.8 Å². The van der Waals surface area contributed by atoms with Crippen LogP contribution in [0.2, 0.25) is 0 Å². The number of carbonyl (C=O) groups is 2. The Morgan fingerprint density at radius 3 is 2.75 bits per heavy atom. The van der Waals surface area contributed by atoms with Crippen molar-refractivity contribution in [2.24, 2.45) is 5.92 Å². The van der Waals surface area contributed by atoms with Crippen LogP contribution in [0, 0.1) is 5.92 Å². The maximum Gasteiger partial charge on any atom is 0.326 e. The Bertz CT molecular complexity index is 440. The van der Waals surface area contributed by atoms with E-state index in [4.69, 9.17) is 4.52 Å². The third-order valence-electron chi connectivity index (χ3n) is 3.59. The molecule has 3 N–H and O–H groups in total. The average Bonchev–Trinajstić information content (AvgIpc) is 2.96. The van der Waals surface area contributed by atoms with Gasteiger partial charge in [0.15, 0.2) is 5.76 Å². The molecule has 1 aromatic rings. The Hall–Kier alpha value is -2.05. The maximum absolute atomic E-state index is 11.7. The standard InChI is InChI=1S/C13H19N3O4/c17-12(18)11(9-4-2-1-3-5-9)16-13(19)14-8-10-6-7-15-20-10/h6-7,9,11H,1-5,8H2,(H,17,18)(H2,14,16,19). The van der Waals surface area contributed by atoms with Crippen molar-refractivity contribution in [1.29, 1.82) is 0 Å². The Morgan fingerprint density at radius 1 is 1.40 bits per heavy atom. The molecular weight excluding hydrogens is 262 g/mol. The number of amides is 2. The molecule has 1 atom stereocenters. The molecule has 20 heavy (non-hydrogen) atoms. The fraction of sp³-hybridized carbons (Fsp3) is 0.615. The molecule has 1 saturated carbocycles. The van der Waals surface area contributed by atoms with Crippen LogP contribution in [-0.4, -0.2) is 28.3 Å². The third-order valence-corrected chi connectivity index (χ3v) is 3.59. The molecule has 1 aromatic heterocycles. The Labute approximate surface area is 116 Å². The molecule has 1 heterocycles. The van der Waals surface area contributed by atoms with E-state index in [-0.39, 0.29) is 12.5 Å². The molecule has 1 aliphatic rings. The first-order valence-electron chi connectivity index (χ1n) is 6.83. The zero-order chi connectivity index (χ0) is 14.4. The highest BCUT2D eigenvalue weighted by atomic mass is 16.5. The topological polar surface area (TPSA) is 104 Å². The summed E-state index contributed by atoms with van der Waals surface area (Å²) in [7, 11) is 0. The SMILES string of the molecule is O=C(NCc1ccno1)NC(C(=O)O)C1CCCCC1. The summed E-state index contributed by atoms with van der Waals surface area (Å²) in [6.07, 6.45) is 6.36. The Morgan fingerprint density at radius 2 is 2.15 bits per heavy atom. The second-order valence-corrected chi connectivity index (χ2v) is 5.02. The van der Waals surface area contributed by atoms with Crippen LogP contribution in [0.3, 0.4) is 0 Å². The summed E-state index contributed by atoms with van der Waals surface area (Å²) >= 11 is 0. The lowest BCUT2D eigenvalue weighted by Crippen LogP contribution is -2.50. The lowest BCUT2D eigenvalue weighted by molar-refractivity contribution is -0.141. The number of hydrogen-bond acceptors (Lipinski definition) is 4. The van der Waals surface area contributed by atoms with E-state index in [0.717, 1.165) is 32.1 Å². The number of carboxylic acid groups (broad SMARTS) is 1. The van der Waals surface area contributed by atoms with Gasteiger partial charge in [0.25, 0.3) is 0 Å². The second-order valence-electron chi connectivity index (χ2n) is 5.02. The van der Waals surface area contributed by atoms with E-state index < -0.39 is 18.0 Å². The van der Waals surface area contributed by atoms with Crippen LogP contribution in [0.5, 0.6) is 0 Å². The predicted molar refractivity (Wildman–Crippen MR) is 69.9 cm³/mol. The summed E-state index contributed by atoms with van der Waals surface area (Å²) in [6, 6.07) is 0.306. The molecule has 0 aromatic carbocycles. The van der Waals surface area contributed by atoms with Crippen molar-refractivity contribution in [3.63, 3.8) is 0 Å². The van der Waals surface area contributed by atoms with Crippen molar-refractivity contribution in [2.45, 2.75) is 44.7 Å². The highest BCUT2D eigenvalue weighted by Crippen LogP contribution is 2.26. The summed E-state index contributed by atoms with van der Waals surface area (Å²) in [6.45, 7) is 0.183.